The topological polar surface area (TPSA) is 38.7 Å². The zero-order chi connectivity index (χ0) is 11.1. The van der Waals surface area contributed by atoms with Gasteiger partial charge >= 0.3 is 0 Å². The first kappa shape index (κ1) is 13.9. The predicted molar refractivity (Wildman–Crippen MR) is 57.3 cm³/mol. The van der Waals surface area contributed by atoms with Crippen LogP contribution in [0.4, 0.5) is 0 Å². The van der Waals surface area contributed by atoms with Gasteiger partial charge < -0.3 is 14.6 Å². The normalized spacial score (nSPS) is 18.2. The molecule has 3 atom stereocenters. The summed E-state index contributed by atoms with van der Waals surface area (Å²) in [6.45, 7) is 6.83. The van der Waals surface area contributed by atoms with Crippen LogP contribution in [0.1, 0.15) is 27.2 Å². The lowest BCUT2D eigenvalue weighted by Crippen LogP contribution is -2.37. The fourth-order valence-corrected chi connectivity index (χ4v) is 1.60. The van der Waals surface area contributed by atoms with Gasteiger partial charge in [0.1, 0.15) is 0 Å². The van der Waals surface area contributed by atoms with Crippen molar-refractivity contribution in [2.24, 2.45) is 11.8 Å². The Labute approximate surface area is 87.4 Å². The van der Waals surface area contributed by atoms with E-state index in [-0.39, 0.29) is 12.0 Å². The van der Waals surface area contributed by atoms with Crippen molar-refractivity contribution >= 4 is 0 Å². The second kappa shape index (κ2) is 7.21. The number of aliphatic hydroxyl groups excluding tert-OH is 1. The highest BCUT2D eigenvalue weighted by molar-refractivity contribution is 4.76. The van der Waals surface area contributed by atoms with Gasteiger partial charge in [-0.2, -0.15) is 0 Å². The van der Waals surface area contributed by atoms with Gasteiger partial charge in [-0.15, -0.1) is 0 Å². The van der Waals surface area contributed by atoms with Crippen LogP contribution in [0.3, 0.4) is 0 Å². The van der Waals surface area contributed by atoms with Gasteiger partial charge in [-0.25, -0.2) is 0 Å². The van der Waals surface area contributed by atoms with Gasteiger partial charge in [-0.3, -0.25) is 0 Å². The van der Waals surface area contributed by atoms with Crippen LogP contribution in [0.15, 0.2) is 0 Å². The lowest BCUT2D eigenvalue weighted by atomic mass is 9.91. The van der Waals surface area contributed by atoms with E-state index in [1.165, 1.54) is 0 Å². The molecule has 0 amide bonds. The molecule has 0 aromatic rings. The first-order valence-corrected chi connectivity index (χ1v) is 5.24. The highest BCUT2D eigenvalue weighted by atomic mass is 16.5. The van der Waals surface area contributed by atoms with Gasteiger partial charge in [0.25, 0.3) is 0 Å². The summed E-state index contributed by atoms with van der Waals surface area (Å²) in [4.78, 5) is 0. The van der Waals surface area contributed by atoms with E-state index >= 15 is 0 Å². The van der Waals surface area contributed by atoms with Crippen molar-refractivity contribution in [3.8, 4) is 0 Å². The summed E-state index contributed by atoms with van der Waals surface area (Å²) in [5, 5.41) is 9.99. The minimum atomic E-state index is -0.407. The molecule has 0 saturated carbocycles. The molecular weight excluding hydrogens is 180 g/mol. The number of methoxy groups -OCH3 is 2. The molecule has 0 fully saturated rings. The van der Waals surface area contributed by atoms with Crippen molar-refractivity contribution in [3.05, 3.63) is 0 Å². The van der Waals surface area contributed by atoms with Crippen molar-refractivity contribution in [2.45, 2.75) is 39.4 Å². The standard InChI is InChI=1S/C11H24O3/c1-8(2)11(14-5)10(12)9(3)6-7-13-4/h8-12H,6-7H2,1-5H3. The summed E-state index contributed by atoms with van der Waals surface area (Å²) in [5.74, 6) is 0.544. The monoisotopic (exact) mass is 204 g/mol. The summed E-state index contributed by atoms with van der Waals surface area (Å²) in [5.41, 5.74) is 0. The molecule has 0 aliphatic rings. The Morgan fingerprint density at radius 1 is 1.14 bits per heavy atom. The lowest BCUT2D eigenvalue weighted by molar-refractivity contribution is -0.0646. The molecule has 3 unspecified atom stereocenters. The summed E-state index contributed by atoms with van der Waals surface area (Å²) in [6, 6.07) is 0. The van der Waals surface area contributed by atoms with E-state index in [1.807, 2.05) is 6.92 Å². The molecule has 0 heterocycles. The van der Waals surface area contributed by atoms with E-state index in [1.54, 1.807) is 14.2 Å². The number of hydrogen-bond donors (Lipinski definition) is 1. The molecule has 3 nitrogen and oxygen atoms in total. The van der Waals surface area contributed by atoms with Gasteiger partial charge in [-0.05, 0) is 18.3 Å². The Balaban J connectivity index is 4.05. The van der Waals surface area contributed by atoms with Crippen LogP contribution in [0.25, 0.3) is 0 Å². The van der Waals surface area contributed by atoms with Gasteiger partial charge in [0.2, 0.25) is 0 Å². The third kappa shape index (κ3) is 4.40. The Morgan fingerprint density at radius 3 is 2.07 bits per heavy atom. The molecule has 14 heavy (non-hydrogen) atoms. The summed E-state index contributed by atoms with van der Waals surface area (Å²) in [7, 11) is 3.33. The second-order valence-electron chi connectivity index (χ2n) is 4.19. The smallest absolute Gasteiger partial charge is 0.0855 e. The van der Waals surface area contributed by atoms with Gasteiger partial charge in [0, 0.05) is 20.8 Å². The molecule has 1 N–H and O–H groups in total. The highest BCUT2D eigenvalue weighted by Gasteiger charge is 2.26. The maximum Gasteiger partial charge on any atom is 0.0855 e. The van der Waals surface area contributed by atoms with E-state index < -0.39 is 6.10 Å². The van der Waals surface area contributed by atoms with Crippen LogP contribution in [0, 0.1) is 11.8 Å². The Hall–Kier alpha value is -0.120. The highest BCUT2D eigenvalue weighted by Crippen LogP contribution is 2.19. The maximum absolute atomic E-state index is 9.99. The van der Waals surface area contributed by atoms with Crippen LogP contribution < -0.4 is 0 Å². The van der Waals surface area contributed by atoms with Crippen molar-refractivity contribution in [1.29, 1.82) is 0 Å². The largest absolute Gasteiger partial charge is 0.390 e. The maximum atomic E-state index is 9.99. The third-order valence-electron chi connectivity index (χ3n) is 2.63. The van der Waals surface area contributed by atoms with E-state index in [2.05, 4.69) is 13.8 Å². The first-order chi connectivity index (χ1) is 6.54. The zero-order valence-electron chi connectivity index (χ0n) is 9.99. The summed E-state index contributed by atoms with van der Waals surface area (Å²) >= 11 is 0. The second-order valence-corrected chi connectivity index (χ2v) is 4.19. The minimum Gasteiger partial charge on any atom is -0.390 e. The van der Waals surface area contributed by atoms with Crippen molar-refractivity contribution in [2.75, 3.05) is 20.8 Å². The number of hydrogen-bond acceptors (Lipinski definition) is 3. The first-order valence-electron chi connectivity index (χ1n) is 5.24. The van der Waals surface area contributed by atoms with Crippen LogP contribution in [0.5, 0.6) is 0 Å². The Kier molecular flexibility index (Phi) is 7.15. The molecule has 0 aromatic heterocycles. The molecule has 0 saturated heterocycles. The Morgan fingerprint density at radius 2 is 1.71 bits per heavy atom. The van der Waals surface area contributed by atoms with Gasteiger partial charge in [0.05, 0.1) is 12.2 Å². The SMILES string of the molecule is COCCC(C)C(O)C(OC)C(C)C. The zero-order valence-corrected chi connectivity index (χ0v) is 9.99. The van der Waals surface area contributed by atoms with Crippen LogP contribution in [-0.4, -0.2) is 38.1 Å². The molecule has 0 rings (SSSR count). The number of aliphatic hydroxyl groups is 1. The molecule has 0 radical (unpaired) electrons. The van der Waals surface area contributed by atoms with Crippen LogP contribution >= 0.6 is 0 Å². The quantitative estimate of drug-likeness (QED) is 0.686. The number of ether oxygens (including phenoxy) is 2. The molecule has 3 heteroatoms. The van der Waals surface area contributed by atoms with E-state index in [0.29, 0.717) is 12.5 Å². The van der Waals surface area contributed by atoms with E-state index in [4.69, 9.17) is 9.47 Å². The number of rotatable bonds is 7. The lowest BCUT2D eigenvalue weighted by Gasteiger charge is -2.29. The summed E-state index contributed by atoms with van der Waals surface area (Å²) in [6.07, 6.45) is 0.376. The van der Waals surface area contributed by atoms with Crippen LogP contribution in [0.2, 0.25) is 0 Å². The molecule has 0 bridgehead atoms. The van der Waals surface area contributed by atoms with Crippen molar-refractivity contribution < 1.29 is 14.6 Å². The fraction of sp³-hybridized carbons (Fsp3) is 1.00. The molecule has 0 aromatic carbocycles. The van der Waals surface area contributed by atoms with Crippen LogP contribution in [-0.2, 0) is 9.47 Å². The third-order valence-corrected chi connectivity index (χ3v) is 2.63. The van der Waals surface area contributed by atoms with E-state index in [0.717, 1.165) is 6.42 Å². The van der Waals surface area contributed by atoms with Crippen molar-refractivity contribution in [1.82, 2.24) is 0 Å². The molecule has 0 aliphatic heterocycles. The van der Waals surface area contributed by atoms with Gasteiger partial charge in [0.15, 0.2) is 0 Å². The van der Waals surface area contributed by atoms with Gasteiger partial charge in [-0.1, -0.05) is 20.8 Å². The predicted octanol–water partition coefficient (Wildman–Crippen LogP) is 1.69. The molecule has 86 valence electrons. The molecule has 0 spiro atoms. The minimum absolute atomic E-state index is 0.0816. The molecule has 0 aliphatic carbocycles. The Bertz CT molecular complexity index is 136. The fourth-order valence-electron chi connectivity index (χ4n) is 1.60. The average Bonchev–Trinajstić information content (AvgIpc) is 2.14. The summed E-state index contributed by atoms with van der Waals surface area (Å²) < 4.78 is 10.3. The average molecular weight is 204 g/mol. The van der Waals surface area contributed by atoms with Crippen molar-refractivity contribution in [3.63, 3.8) is 0 Å². The molecular formula is C11H24O3. The van der Waals surface area contributed by atoms with E-state index in [9.17, 15) is 5.11 Å².